The van der Waals surface area contributed by atoms with E-state index in [4.69, 9.17) is 23.2 Å². The first-order valence-corrected chi connectivity index (χ1v) is 5.76. The molecule has 0 saturated heterocycles. The molecule has 0 bridgehead atoms. The standard InChI is InChI=1S/C13H13ClFN3/c14-9-3-6-11(12(16)7-9)13(18-17)8-1-4-10(15)5-2-8/h1-7,13,18H,16-17H2. The number of hydrogen-bond acceptors (Lipinski definition) is 3. The lowest BCUT2D eigenvalue weighted by Crippen LogP contribution is -2.29. The molecule has 0 aliphatic rings. The summed E-state index contributed by atoms with van der Waals surface area (Å²) in [4.78, 5) is 0. The quantitative estimate of drug-likeness (QED) is 0.454. The lowest BCUT2D eigenvalue weighted by atomic mass is 9.98. The Kier molecular flexibility index (Phi) is 3.81. The van der Waals surface area contributed by atoms with Crippen molar-refractivity contribution in [3.63, 3.8) is 0 Å². The van der Waals surface area contributed by atoms with Crippen LogP contribution >= 0.6 is 11.6 Å². The van der Waals surface area contributed by atoms with E-state index < -0.39 is 0 Å². The Bertz CT molecular complexity index is 542. The predicted octanol–water partition coefficient (Wildman–Crippen LogP) is 2.61. The Morgan fingerprint density at radius 2 is 1.78 bits per heavy atom. The van der Waals surface area contributed by atoms with Crippen molar-refractivity contribution in [3.05, 3.63) is 64.4 Å². The summed E-state index contributed by atoms with van der Waals surface area (Å²) in [7, 11) is 0. The third-order valence-electron chi connectivity index (χ3n) is 2.73. The van der Waals surface area contributed by atoms with Gasteiger partial charge in [0.1, 0.15) is 5.82 Å². The topological polar surface area (TPSA) is 64.1 Å². The molecule has 2 rings (SSSR count). The van der Waals surface area contributed by atoms with Gasteiger partial charge in [-0.1, -0.05) is 29.8 Å². The van der Waals surface area contributed by atoms with Gasteiger partial charge in [0.2, 0.25) is 0 Å². The normalized spacial score (nSPS) is 12.4. The highest BCUT2D eigenvalue weighted by Crippen LogP contribution is 2.28. The highest BCUT2D eigenvalue weighted by Gasteiger charge is 2.15. The van der Waals surface area contributed by atoms with Crippen LogP contribution in [0.15, 0.2) is 42.5 Å². The summed E-state index contributed by atoms with van der Waals surface area (Å²) >= 11 is 5.85. The minimum atomic E-state index is -0.303. The lowest BCUT2D eigenvalue weighted by molar-refractivity contribution is 0.616. The average molecular weight is 266 g/mol. The highest BCUT2D eigenvalue weighted by atomic mass is 35.5. The summed E-state index contributed by atoms with van der Waals surface area (Å²) < 4.78 is 12.9. The highest BCUT2D eigenvalue weighted by molar-refractivity contribution is 6.30. The molecule has 0 saturated carbocycles. The second-order valence-electron chi connectivity index (χ2n) is 3.92. The van der Waals surface area contributed by atoms with E-state index in [1.54, 1.807) is 30.3 Å². The van der Waals surface area contributed by atoms with E-state index >= 15 is 0 Å². The molecule has 0 aliphatic heterocycles. The van der Waals surface area contributed by atoms with E-state index in [9.17, 15) is 4.39 Å². The summed E-state index contributed by atoms with van der Waals surface area (Å²) in [5.41, 5.74) is 10.7. The Morgan fingerprint density at radius 3 is 2.33 bits per heavy atom. The van der Waals surface area contributed by atoms with Gasteiger partial charge in [-0.2, -0.15) is 0 Å². The molecule has 5 N–H and O–H groups in total. The van der Waals surface area contributed by atoms with Crippen molar-refractivity contribution in [3.8, 4) is 0 Å². The molecule has 94 valence electrons. The summed E-state index contributed by atoms with van der Waals surface area (Å²) in [6.07, 6.45) is 0. The van der Waals surface area contributed by atoms with Gasteiger partial charge in [-0.15, -0.1) is 0 Å². The summed E-state index contributed by atoms with van der Waals surface area (Å²) in [5, 5.41) is 0.561. The zero-order valence-electron chi connectivity index (χ0n) is 9.53. The predicted molar refractivity (Wildman–Crippen MR) is 71.4 cm³/mol. The van der Waals surface area contributed by atoms with Crippen molar-refractivity contribution in [2.45, 2.75) is 6.04 Å². The van der Waals surface area contributed by atoms with Crippen LogP contribution in [0, 0.1) is 5.82 Å². The van der Waals surface area contributed by atoms with Crippen LogP contribution in [-0.2, 0) is 0 Å². The Balaban J connectivity index is 2.41. The molecule has 0 radical (unpaired) electrons. The first kappa shape index (κ1) is 12.8. The number of benzene rings is 2. The molecule has 2 aromatic carbocycles. The van der Waals surface area contributed by atoms with Gasteiger partial charge in [0.15, 0.2) is 0 Å². The molecule has 5 heteroatoms. The van der Waals surface area contributed by atoms with Gasteiger partial charge in [0, 0.05) is 10.7 Å². The molecule has 1 unspecified atom stereocenters. The molecule has 0 amide bonds. The fourth-order valence-electron chi connectivity index (χ4n) is 1.83. The Labute approximate surface area is 110 Å². The Morgan fingerprint density at radius 1 is 1.11 bits per heavy atom. The van der Waals surface area contributed by atoms with Crippen molar-refractivity contribution in [2.75, 3.05) is 5.73 Å². The van der Waals surface area contributed by atoms with E-state index in [1.165, 1.54) is 12.1 Å². The summed E-state index contributed by atoms with van der Waals surface area (Å²) in [5.74, 6) is 5.26. The molecule has 0 aromatic heterocycles. The van der Waals surface area contributed by atoms with Gasteiger partial charge in [0.05, 0.1) is 6.04 Å². The molecule has 0 spiro atoms. The van der Waals surface area contributed by atoms with Gasteiger partial charge in [-0.25, -0.2) is 9.82 Å². The van der Waals surface area contributed by atoms with Crippen molar-refractivity contribution >= 4 is 17.3 Å². The number of hydrogen-bond donors (Lipinski definition) is 3. The molecule has 1 atom stereocenters. The number of hydrazine groups is 1. The average Bonchev–Trinajstić information content (AvgIpc) is 2.35. The lowest BCUT2D eigenvalue weighted by Gasteiger charge is -2.19. The third kappa shape index (κ3) is 2.61. The maximum atomic E-state index is 12.9. The molecule has 2 aromatic rings. The fourth-order valence-corrected chi connectivity index (χ4v) is 2.01. The van der Waals surface area contributed by atoms with Crippen molar-refractivity contribution < 1.29 is 4.39 Å². The van der Waals surface area contributed by atoms with Gasteiger partial charge < -0.3 is 5.73 Å². The second-order valence-corrected chi connectivity index (χ2v) is 4.36. The molecular formula is C13H13ClFN3. The molecule has 18 heavy (non-hydrogen) atoms. The van der Waals surface area contributed by atoms with Gasteiger partial charge in [0.25, 0.3) is 0 Å². The first-order chi connectivity index (χ1) is 8.61. The summed E-state index contributed by atoms with van der Waals surface area (Å²) in [6.45, 7) is 0. The van der Waals surface area contributed by atoms with Crippen LogP contribution in [0.2, 0.25) is 5.02 Å². The molecule has 0 fully saturated rings. The van der Waals surface area contributed by atoms with Crippen molar-refractivity contribution in [2.24, 2.45) is 5.84 Å². The number of rotatable bonds is 3. The van der Waals surface area contributed by atoms with Crippen LogP contribution in [0.1, 0.15) is 17.2 Å². The number of anilines is 1. The molecule has 0 aliphatic carbocycles. The summed E-state index contributed by atoms with van der Waals surface area (Å²) in [6, 6.07) is 11.0. The van der Waals surface area contributed by atoms with Gasteiger partial charge >= 0.3 is 0 Å². The number of nitrogens with two attached hydrogens (primary N) is 2. The van der Waals surface area contributed by atoms with Crippen molar-refractivity contribution in [1.82, 2.24) is 5.43 Å². The number of nitrogen functional groups attached to an aromatic ring is 1. The zero-order valence-corrected chi connectivity index (χ0v) is 10.3. The Hall–Kier alpha value is -1.62. The van der Waals surface area contributed by atoms with Crippen LogP contribution < -0.4 is 17.0 Å². The molecule has 3 nitrogen and oxygen atoms in total. The van der Waals surface area contributed by atoms with E-state index in [2.05, 4.69) is 5.43 Å². The number of halogens is 2. The molecule has 0 heterocycles. The smallest absolute Gasteiger partial charge is 0.123 e. The van der Waals surface area contributed by atoms with Crippen LogP contribution in [0.5, 0.6) is 0 Å². The van der Waals surface area contributed by atoms with E-state index in [1.807, 2.05) is 0 Å². The minimum Gasteiger partial charge on any atom is -0.398 e. The minimum absolute atomic E-state index is 0.293. The fraction of sp³-hybridized carbons (Fsp3) is 0.0769. The zero-order chi connectivity index (χ0) is 13.1. The van der Waals surface area contributed by atoms with E-state index in [0.717, 1.165) is 11.1 Å². The largest absolute Gasteiger partial charge is 0.398 e. The monoisotopic (exact) mass is 265 g/mol. The molecular weight excluding hydrogens is 253 g/mol. The van der Waals surface area contributed by atoms with Crippen LogP contribution in [0.4, 0.5) is 10.1 Å². The number of nitrogens with one attached hydrogen (secondary N) is 1. The third-order valence-corrected chi connectivity index (χ3v) is 2.96. The van der Waals surface area contributed by atoms with Gasteiger partial charge in [-0.3, -0.25) is 5.84 Å². The SMILES string of the molecule is NNC(c1ccc(F)cc1)c1ccc(Cl)cc1N. The first-order valence-electron chi connectivity index (χ1n) is 5.38. The van der Waals surface area contributed by atoms with Crippen LogP contribution in [0.3, 0.4) is 0 Å². The van der Waals surface area contributed by atoms with Crippen molar-refractivity contribution in [1.29, 1.82) is 0 Å². The van der Waals surface area contributed by atoms with Crippen LogP contribution in [-0.4, -0.2) is 0 Å². The van der Waals surface area contributed by atoms with E-state index in [-0.39, 0.29) is 11.9 Å². The van der Waals surface area contributed by atoms with Crippen LogP contribution in [0.25, 0.3) is 0 Å². The second kappa shape index (κ2) is 5.35. The maximum absolute atomic E-state index is 12.9. The van der Waals surface area contributed by atoms with Gasteiger partial charge in [-0.05, 0) is 35.4 Å². The van der Waals surface area contributed by atoms with E-state index in [0.29, 0.717) is 10.7 Å². The maximum Gasteiger partial charge on any atom is 0.123 e.